The van der Waals surface area contributed by atoms with E-state index < -0.39 is 22.9 Å². The van der Waals surface area contributed by atoms with Crippen LogP contribution in [-0.4, -0.2) is 18.2 Å². The molecule has 0 radical (unpaired) electrons. The summed E-state index contributed by atoms with van der Waals surface area (Å²) in [6, 6.07) is 22.4. The summed E-state index contributed by atoms with van der Waals surface area (Å²) in [7, 11) is 1.13. The van der Waals surface area contributed by atoms with Crippen LogP contribution in [0.4, 0.5) is 0 Å². The number of hydrogen-bond donors (Lipinski definition) is 1. The Morgan fingerprint density at radius 2 is 1.67 bits per heavy atom. The number of benzene rings is 3. The average Bonchev–Trinajstić information content (AvgIpc) is 2.78. The van der Waals surface area contributed by atoms with Gasteiger partial charge in [0.05, 0.1) is 12.5 Å². The summed E-state index contributed by atoms with van der Waals surface area (Å²) in [4.78, 5) is 23.8. The van der Waals surface area contributed by atoms with Gasteiger partial charge in [0, 0.05) is 0 Å². The minimum Gasteiger partial charge on any atom is -0.506 e. The molecule has 0 spiro atoms. The van der Waals surface area contributed by atoms with Crippen LogP contribution >= 0.6 is 0 Å². The first kappa shape index (κ1) is 19.3. The minimum atomic E-state index is -0.950. The molecule has 3 aromatic carbocycles. The molecule has 0 bridgehead atoms. The Balaban J connectivity index is 1.62. The van der Waals surface area contributed by atoms with Gasteiger partial charge in [0.1, 0.15) is 23.7 Å². The molecular weight excluding hydrogens is 384 g/mol. The number of rotatable bonds is 5. The summed E-state index contributed by atoms with van der Waals surface area (Å²) in [5, 5.41) is 10.7. The van der Waals surface area contributed by atoms with E-state index in [2.05, 4.69) is 4.74 Å². The van der Waals surface area contributed by atoms with E-state index in [9.17, 15) is 14.7 Å². The van der Waals surface area contributed by atoms with E-state index >= 15 is 0 Å². The van der Waals surface area contributed by atoms with Crippen LogP contribution in [-0.2, 0) is 11.3 Å². The monoisotopic (exact) mass is 402 g/mol. The number of ether oxygens (including phenoxy) is 2. The van der Waals surface area contributed by atoms with E-state index in [1.807, 2.05) is 54.6 Å². The minimum absolute atomic E-state index is 0.178. The van der Waals surface area contributed by atoms with Gasteiger partial charge in [-0.15, -0.1) is 0 Å². The molecule has 1 heterocycles. The topological polar surface area (TPSA) is 86.0 Å². The normalized spacial score (nSPS) is 10.7. The van der Waals surface area contributed by atoms with Gasteiger partial charge in [-0.25, -0.2) is 9.59 Å². The predicted octanol–water partition coefficient (Wildman–Crippen LogP) is 4.53. The fraction of sp³-hybridized carbons (Fsp3) is 0.0833. The Kier molecular flexibility index (Phi) is 5.22. The molecule has 6 heteroatoms. The predicted molar refractivity (Wildman–Crippen MR) is 112 cm³/mol. The van der Waals surface area contributed by atoms with Gasteiger partial charge in [0.25, 0.3) is 0 Å². The van der Waals surface area contributed by atoms with Crippen molar-refractivity contribution in [2.24, 2.45) is 0 Å². The van der Waals surface area contributed by atoms with Crippen molar-refractivity contribution in [1.82, 2.24) is 0 Å². The SMILES string of the molecule is COC(=O)c1c(O)c2cc(-c3ccc(OCc4ccccc4)cc3)ccc2oc1=O. The summed E-state index contributed by atoms with van der Waals surface area (Å²) in [5.74, 6) is -0.684. The maximum Gasteiger partial charge on any atom is 0.354 e. The first-order valence-corrected chi connectivity index (χ1v) is 9.22. The molecule has 0 saturated carbocycles. The third kappa shape index (κ3) is 3.75. The van der Waals surface area contributed by atoms with Gasteiger partial charge >= 0.3 is 11.6 Å². The van der Waals surface area contributed by atoms with Gasteiger partial charge < -0.3 is 19.0 Å². The molecule has 1 N–H and O–H groups in total. The molecule has 0 aliphatic carbocycles. The number of carbonyl (C=O) groups excluding carboxylic acids is 1. The standard InChI is InChI=1S/C24H18O6/c1-28-23(26)21-22(25)19-13-17(9-12-20(19)30-24(21)27)16-7-10-18(11-8-16)29-14-15-5-3-2-4-6-15/h2-13,25H,14H2,1H3. The maximum atomic E-state index is 12.0. The van der Waals surface area contributed by atoms with Gasteiger partial charge in [-0.2, -0.15) is 0 Å². The highest BCUT2D eigenvalue weighted by Crippen LogP contribution is 2.32. The smallest absolute Gasteiger partial charge is 0.354 e. The van der Waals surface area contributed by atoms with Gasteiger partial charge in [-0.3, -0.25) is 0 Å². The lowest BCUT2D eigenvalue weighted by molar-refractivity contribution is 0.0592. The zero-order valence-electron chi connectivity index (χ0n) is 16.1. The van der Waals surface area contributed by atoms with Crippen molar-refractivity contribution in [3.05, 3.63) is 94.3 Å². The maximum absolute atomic E-state index is 12.0. The first-order chi connectivity index (χ1) is 14.6. The second-order valence-corrected chi connectivity index (χ2v) is 6.61. The van der Waals surface area contributed by atoms with Crippen LogP contribution < -0.4 is 10.4 Å². The summed E-state index contributed by atoms with van der Waals surface area (Å²) >= 11 is 0. The molecule has 0 fully saturated rings. The Hall–Kier alpha value is -4.06. The second-order valence-electron chi connectivity index (χ2n) is 6.61. The lowest BCUT2D eigenvalue weighted by Gasteiger charge is -2.09. The first-order valence-electron chi connectivity index (χ1n) is 9.22. The van der Waals surface area contributed by atoms with Gasteiger partial charge in [-0.1, -0.05) is 48.5 Å². The molecule has 0 aliphatic rings. The average molecular weight is 402 g/mol. The van der Waals surface area contributed by atoms with E-state index in [1.165, 1.54) is 0 Å². The van der Waals surface area contributed by atoms with Crippen LogP contribution in [0, 0.1) is 0 Å². The molecule has 1 aromatic heterocycles. The summed E-state index contributed by atoms with van der Waals surface area (Å²) in [6.07, 6.45) is 0. The largest absolute Gasteiger partial charge is 0.506 e. The molecule has 30 heavy (non-hydrogen) atoms. The molecule has 0 unspecified atom stereocenters. The molecule has 4 aromatic rings. The number of carbonyl (C=O) groups is 1. The van der Waals surface area contributed by atoms with E-state index in [4.69, 9.17) is 9.15 Å². The van der Waals surface area contributed by atoms with Crippen molar-refractivity contribution in [1.29, 1.82) is 0 Å². The van der Waals surface area contributed by atoms with Crippen LogP contribution in [0.15, 0.2) is 82.0 Å². The van der Waals surface area contributed by atoms with E-state index in [0.29, 0.717) is 6.61 Å². The number of aromatic hydroxyl groups is 1. The molecule has 0 amide bonds. The highest BCUT2D eigenvalue weighted by Gasteiger charge is 2.21. The third-order valence-electron chi connectivity index (χ3n) is 4.70. The van der Waals surface area contributed by atoms with Crippen molar-refractivity contribution in [2.45, 2.75) is 6.61 Å². The molecule has 6 nitrogen and oxygen atoms in total. The Morgan fingerprint density at radius 1 is 0.967 bits per heavy atom. The van der Waals surface area contributed by atoms with E-state index in [-0.39, 0.29) is 11.0 Å². The quantitative estimate of drug-likeness (QED) is 0.390. The lowest BCUT2D eigenvalue weighted by atomic mass is 10.0. The van der Waals surface area contributed by atoms with Gasteiger partial charge in [-0.05, 0) is 41.0 Å². The molecule has 4 rings (SSSR count). The van der Waals surface area contributed by atoms with Crippen LogP contribution in [0.2, 0.25) is 0 Å². The van der Waals surface area contributed by atoms with E-state index in [1.54, 1.807) is 18.2 Å². The van der Waals surface area contributed by atoms with Crippen molar-refractivity contribution in [2.75, 3.05) is 7.11 Å². The summed E-state index contributed by atoms with van der Waals surface area (Å²) in [5.41, 5.74) is 1.43. The second kappa shape index (κ2) is 8.13. The van der Waals surface area contributed by atoms with Crippen LogP contribution in [0.1, 0.15) is 15.9 Å². The Bertz CT molecular complexity index is 1260. The number of esters is 1. The zero-order valence-corrected chi connectivity index (χ0v) is 16.1. The fourth-order valence-electron chi connectivity index (χ4n) is 3.13. The van der Waals surface area contributed by atoms with Crippen LogP contribution in [0.25, 0.3) is 22.1 Å². The Labute approximate surface area is 171 Å². The highest BCUT2D eigenvalue weighted by atomic mass is 16.5. The molecule has 0 aliphatic heterocycles. The van der Waals surface area contributed by atoms with Crippen LogP contribution in [0.3, 0.4) is 0 Å². The van der Waals surface area contributed by atoms with Crippen molar-refractivity contribution in [3.63, 3.8) is 0 Å². The molecule has 150 valence electrons. The third-order valence-corrected chi connectivity index (χ3v) is 4.70. The van der Waals surface area contributed by atoms with Crippen molar-refractivity contribution >= 4 is 16.9 Å². The van der Waals surface area contributed by atoms with Gasteiger partial charge in [0.2, 0.25) is 0 Å². The van der Waals surface area contributed by atoms with Crippen molar-refractivity contribution in [3.8, 4) is 22.6 Å². The van der Waals surface area contributed by atoms with Crippen LogP contribution in [0.5, 0.6) is 11.5 Å². The molecule has 0 atom stereocenters. The van der Waals surface area contributed by atoms with Crippen molar-refractivity contribution < 1.29 is 23.8 Å². The number of methoxy groups -OCH3 is 1. The molecule has 0 saturated heterocycles. The zero-order chi connectivity index (χ0) is 21.1. The summed E-state index contributed by atoms with van der Waals surface area (Å²) < 4.78 is 15.5. The number of fused-ring (bicyclic) bond motifs is 1. The fourth-order valence-corrected chi connectivity index (χ4v) is 3.13. The number of hydrogen-bond acceptors (Lipinski definition) is 6. The Morgan fingerprint density at radius 3 is 2.37 bits per heavy atom. The molecular formula is C24H18O6. The van der Waals surface area contributed by atoms with E-state index in [0.717, 1.165) is 29.5 Å². The summed E-state index contributed by atoms with van der Waals surface area (Å²) in [6.45, 7) is 0.472. The highest BCUT2D eigenvalue weighted by molar-refractivity contribution is 5.99. The lowest BCUT2D eigenvalue weighted by Crippen LogP contribution is -2.15. The van der Waals surface area contributed by atoms with Gasteiger partial charge in [0.15, 0.2) is 5.56 Å².